The molecule has 8 nitrogen and oxygen atoms in total. The van der Waals surface area contributed by atoms with Gasteiger partial charge in [-0.1, -0.05) is 12.1 Å². The predicted octanol–water partition coefficient (Wildman–Crippen LogP) is 4.37. The monoisotopic (exact) mass is 532 g/mol. The van der Waals surface area contributed by atoms with Gasteiger partial charge in [-0.15, -0.1) is 11.3 Å². The molecule has 1 N–H and O–H groups in total. The Hall–Kier alpha value is -3.24. The highest BCUT2D eigenvalue weighted by atomic mass is 32.1. The van der Waals surface area contributed by atoms with Gasteiger partial charge in [-0.3, -0.25) is 9.69 Å². The summed E-state index contributed by atoms with van der Waals surface area (Å²) in [6.07, 6.45) is -0.184. The van der Waals surface area contributed by atoms with E-state index in [0.717, 1.165) is 65.0 Å². The van der Waals surface area contributed by atoms with Crippen LogP contribution in [-0.4, -0.2) is 81.7 Å². The summed E-state index contributed by atoms with van der Waals surface area (Å²) < 4.78 is 17.8. The first-order valence-corrected chi connectivity index (χ1v) is 13.8. The molecule has 2 aliphatic heterocycles. The van der Waals surface area contributed by atoms with Crippen molar-refractivity contribution in [3.8, 4) is 17.0 Å². The van der Waals surface area contributed by atoms with E-state index in [0.29, 0.717) is 17.2 Å². The molecule has 9 heteroatoms. The molecule has 2 aromatic heterocycles. The van der Waals surface area contributed by atoms with Gasteiger partial charge in [0.1, 0.15) is 11.5 Å². The third-order valence-electron chi connectivity index (χ3n) is 7.37. The molecule has 0 radical (unpaired) electrons. The first kappa shape index (κ1) is 25.1. The number of carbonyl (C=O) groups is 1. The number of nitrogens with one attached hydrogen (secondary N) is 1. The van der Waals surface area contributed by atoms with E-state index in [1.54, 1.807) is 14.2 Å². The molecule has 0 bridgehead atoms. The molecule has 1 atom stereocenters. The number of rotatable bonds is 6. The number of amides is 1. The Labute approximate surface area is 226 Å². The van der Waals surface area contributed by atoms with Crippen molar-refractivity contribution in [3.63, 3.8) is 0 Å². The van der Waals surface area contributed by atoms with Crippen molar-refractivity contribution in [2.45, 2.75) is 19.3 Å². The molecule has 0 saturated carbocycles. The van der Waals surface area contributed by atoms with Gasteiger partial charge in [0.15, 0.2) is 12.0 Å². The van der Waals surface area contributed by atoms with Crippen molar-refractivity contribution < 1.29 is 19.0 Å². The largest absolute Gasteiger partial charge is 0.489 e. The quantitative estimate of drug-likeness (QED) is 0.370. The third-order valence-corrected chi connectivity index (χ3v) is 8.51. The predicted molar refractivity (Wildman–Crippen MR) is 151 cm³/mol. The Balaban J connectivity index is 1.22. The maximum absolute atomic E-state index is 12.7. The number of pyridine rings is 1. The number of fused-ring (bicyclic) bond motifs is 5. The molecular formula is C29H32N4O4S. The third kappa shape index (κ3) is 4.71. The Kier molecular flexibility index (Phi) is 6.92. The lowest BCUT2D eigenvalue weighted by Gasteiger charge is -2.37. The van der Waals surface area contributed by atoms with E-state index < -0.39 is 0 Å². The van der Waals surface area contributed by atoms with Crippen molar-refractivity contribution in [1.29, 1.82) is 0 Å². The minimum absolute atomic E-state index is 0.0256. The minimum Gasteiger partial charge on any atom is -0.489 e. The normalized spacial score (nSPS) is 18.5. The molecule has 6 rings (SSSR count). The fraction of sp³-hybridized carbons (Fsp3) is 0.379. The van der Waals surface area contributed by atoms with Gasteiger partial charge in [-0.05, 0) is 43.3 Å². The summed E-state index contributed by atoms with van der Waals surface area (Å²) in [6.45, 7) is 7.07. The number of hydrogen-bond acceptors (Lipinski definition) is 8. The highest BCUT2D eigenvalue weighted by Crippen LogP contribution is 2.43. The molecule has 2 aliphatic rings. The lowest BCUT2D eigenvalue weighted by atomic mass is 10.1. The van der Waals surface area contributed by atoms with Crippen LogP contribution in [0.5, 0.6) is 5.75 Å². The van der Waals surface area contributed by atoms with Crippen LogP contribution in [0.2, 0.25) is 0 Å². The average molecular weight is 533 g/mol. The van der Waals surface area contributed by atoms with E-state index in [-0.39, 0.29) is 18.2 Å². The summed E-state index contributed by atoms with van der Waals surface area (Å²) in [5.74, 6) is 0.607. The molecule has 4 aromatic rings. The van der Waals surface area contributed by atoms with E-state index in [2.05, 4.69) is 51.5 Å². The van der Waals surface area contributed by atoms with Gasteiger partial charge in [0, 0.05) is 73.7 Å². The molecule has 1 unspecified atom stereocenters. The van der Waals surface area contributed by atoms with Crippen LogP contribution < -0.4 is 15.0 Å². The second kappa shape index (κ2) is 10.5. The van der Waals surface area contributed by atoms with E-state index in [1.807, 2.05) is 19.1 Å². The van der Waals surface area contributed by atoms with Crippen molar-refractivity contribution >= 4 is 43.9 Å². The molecule has 0 aliphatic carbocycles. The van der Waals surface area contributed by atoms with Gasteiger partial charge in [0.25, 0.3) is 5.91 Å². The molecule has 198 valence electrons. The minimum atomic E-state index is -0.184. The number of ether oxygens (including phenoxy) is 3. The molecule has 2 aromatic carbocycles. The van der Waals surface area contributed by atoms with E-state index in [9.17, 15) is 4.79 Å². The van der Waals surface area contributed by atoms with Crippen molar-refractivity contribution in [2.24, 2.45) is 0 Å². The highest BCUT2D eigenvalue weighted by Gasteiger charge is 2.26. The van der Waals surface area contributed by atoms with Crippen LogP contribution in [0, 0.1) is 0 Å². The topological polar surface area (TPSA) is 76.2 Å². The van der Waals surface area contributed by atoms with E-state index in [4.69, 9.17) is 19.2 Å². The zero-order valence-corrected chi connectivity index (χ0v) is 22.7. The number of thiophene rings is 1. The standard InChI is InChI=1S/C29H32N4O4S/c1-18-17-37-27-26-21-8-9-22(31-23(21)10-11-24(26)38-28(27)29(34)30-18)19-4-6-20(7-5-19)33-14-12-32(13-15-33)16-25(35-2)36-3/h4-11,18,25H,12-17H2,1-3H3,(H,30,34). The number of carbonyl (C=O) groups excluding carboxylic acids is 1. The van der Waals surface area contributed by atoms with Crippen LogP contribution in [0.3, 0.4) is 0 Å². The highest BCUT2D eigenvalue weighted by molar-refractivity contribution is 7.21. The lowest BCUT2D eigenvalue weighted by molar-refractivity contribution is -0.116. The molecule has 1 saturated heterocycles. The SMILES string of the molecule is COC(CN1CCN(c2ccc(-c3ccc4c(ccc5sc6c(c54)OCC(C)NC6=O)n3)cc2)CC1)OC. The van der Waals surface area contributed by atoms with Gasteiger partial charge in [-0.25, -0.2) is 4.98 Å². The second-order valence-corrected chi connectivity index (χ2v) is 10.9. The van der Waals surface area contributed by atoms with Crippen LogP contribution >= 0.6 is 11.3 Å². The number of piperazine rings is 1. The Bertz CT molecular complexity index is 1460. The summed E-state index contributed by atoms with van der Waals surface area (Å²) in [5.41, 5.74) is 4.11. The number of anilines is 1. The zero-order chi connectivity index (χ0) is 26.2. The van der Waals surface area contributed by atoms with E-state index in [1.165, 1.54) is 17.0 Å². The smallest absolute Gasteiger partial charge is 0.265 e. The van der Waals surface area contributed by atoms with Gasteiger partial charge in [-0.2, -0.15) is 0 Å². The Morgan fingerprint density at radius 3 is 2.55 bits per heavy atom. The first-order valence-electron chi connectivity index (χ1n) is 13.0. The van der Waals surface area contributed by atoms with Crippen LogP contribution in [0.25, 0.3) is 32.2 Å². The maximum atomic E-state index is 12.7. The first-order chi connectivity index (χ1) is 18.5. The molecule has 4 heterocycles. The Morgan fingerprint density at radius 2 is 1.82 bits per heavy atom. The van der Waals surface area contributed by atoms with Gasteiger partial charge >= 0.3 is 0 Å². The van der Waals surface area contributed by atoms with E-state index >= 15 is 0 Å². The number of nitrogens with zero attached hydrogens (tertiary/aromatic N) is 3. The molecule has 1 amide bonds. The van der Waals surface area contributed by atoms with Crippen LogP contribution in [-0.2, 0) is 9.47 Å². The van der Waals surface area contributed by atoms with Crippen LogP contribution in [0.15, 0.2) is 48.5 Å². The number of aromatic nitrogens is 1. The maximum Gasteiger partial charge on any atom is 0.265 e. The van der Waals surface area contributed by atoms with Crippen LogP contribution in [0.4, 0.5) is 5.69 Å². The van der Waals surface area contributed by atoms with Gasteiger partial charge in [0.2, 0.25) is 0 Å². The van der Waals surface area contributed by atoms with Gasteiger partial charge in [0.05, 0.1) is 17.3 Å². The fourth-order valence-electron chi connectivity index (χ4n) is 5.25. The second-order valence-electron chi connectivity index (χ2n) is 9.88. The molecule has 38 heavy (non-hydrogen) atoms. The summed E-state index contributed by atoms with van der Waals surface area (Å²) in [6, 6.07) is 16.9. The summed E-state index contributed by atoms with van der Waals surface area (Å²) in [7, 11) is 3.36. The molecular weight excluding hydrogens is 500 g/mol. The summed E-state index contributed by atoms with van der Waals surface area (Å²) in [4.78, 5) is 23.1. The van der Waals surface area contributed by atoms with Gasteiger partial charge < -0.3 is 24.4 Å². The number of methoxy groups -OCH3 is 2. The fourth-order valence-corrected chi connectivity index (χ4v) is 6.31. The van der Waals surface area contributed by atoms with Crippen molar-refractivity contribution in [3.05, 3.63) is 53.4 Å². The van der Waals surface area contributed by atoms with Crippen molar-refractivity contribution in [1.82, 2.24) is 15.2 Å². The lowest BCUT2D eigenvalue weighted by Crippen LogP contribution is -2.49. The summed E-state index contributed by atoms with van der Waals surface area (Å²) in [5, 5.41) is 4.97. The molecule has 1 fully saturated rings. The molecule has 0 spiro atoms. The Morgan fingerprint density at radius 1 is 1.05 bits per heavy atom. The summed E-state index contributed by atoms with van der Waals surface area (Å²) >= 11 is 1.47. The number of benzene rings is 2. The average Bonchev–Trinajstić information content (AvgIpc) is 3.27. The number of hydrogen-bond donors (Lipinski definition) is 1. The van der Waals surface area contributed by atoms with Crippen molar-refractivity contribution in [2.75, 3.05) is 58.5 Å². The zero-order valence-electron chi connectivity index (χ0n) is 21.9. The van der Waals surface area contributed by atoms with Crippen LogP contribution in [0.1, 0.15) is 16.6 Å².